The highest BCUT2D eigenvalue weighted by Crippen LogP contribution is 2.41. The Morgan fingerprint density at radius 3 is 2.28 bits per heavy atom. The second kappa shape index (κ2) is 7.62. The molecule has 0 spiro atoms. The van der Waals surface area contributed by atoms with E-state index in [9.17, 15) is 9.59 Å². The fraction of sp³-hybridized carbons (Fsp3) is 0.333. The van der Waals surface area contributed by atoms with Gasteiger partial charge in [-0.15, -0.1) is 0 Å². The van der Waals surface area contributed by atoms with Crippen LogP contribution in [-0.4, -0.2) is 17.7 Å². The average Bonchev–Trinajstić information content (AvgIpc) is 3.45. The third kappa shape index (κ3) is 4.34. The maximum atomic E-state index is 12.6. The topological polar surface area (TPSA) is 58.2 Å². The van der Waals surface area contributed by atoms with Crippen LogP contribution in [0.15, 0.2) is 54.6 Å². The van der Waals surface area contributed by atoms with Crippen molar-refractivity contribution in [2.24, 2.45) is 5.92 Å². The number of amides is 1. The highest BCUT2D eigenvalue weighted by Gasteiger charge is 2.34. The number of carbonyl (C=O) groups is 2. The van der Waals surface area contributed by atoms with Gasteiger partial charge in [0.2, 0.25) is 5.91 Å². The summed E-state index contributed by atoms with van der Waals surface area (Å²) >= 11 is 0. The lowest BCUT2D eigenvalue weighted by molar-refractivity contribution is -0.118. The van der Waals surface area contributed by atoms with Gasteiger partial charge >= 0.3 is 0 Å². The van der Waals surface area contributed by atoms with Crippen molar-refractivity contribution in [3.8, 4) is 0 Å². The van der Waals surface area contributed by atoms with Crippen molar-refractivity contribution in [1.82, 2.24) is 5.32 Å². The molecule has 130 valence electrons. The Labute approximate surface area is 148 Å². The normalized spacial score (nSPS) is 16.1. The van der Waals surface area contributed by atoms with Gasteiger partial charge in [-0.3, -0.25) is 14.9 Å². The lowest BCUT2D eigenvalue weighted by Gasteiger charge is -2.23. The largest absolute Gasteiger partial charge is 0.324 e. The van der Waals surface area contributed by atoms with Gasteiger partial charge in [-0.2, -0.15) is 0 Å². The van der Waals surface area contributed by atoms with Crippen molar-refractivity contribution in [1.29, 1.82) is 0 Å². The molecule has 1 saturated carbocycles. The summed E-state index contributed by atoms with van der Waals surface area (Å²) in [5, 5.41) is 6.35. The first-order valence-electron chi connectivity index (χ1n) is 8.78. The smallest absolute Gasteiger partial charge is 0.241 e. The molecule has 0 radical (unpaired) electrons. The molecular formula is C21H24N2O2. The van der Waals surface area contributed by atoms with Crippen molar-refractivity contribution in [3.63, 3.8) is 0 Å². The van der Waals surface area contributed by atoms with Gasteiger partial charge in [-0.05, 0) is 50.3 Å². The Balaban J connectivity index is 1.69. The summed E-state index contributed by atoms with van der Waals surface area (Å²) in [6, 6.07) is 17.2. The number of Topliss-reactive ketones (excluding diaryl/α,β-unsaturated/α-hetero) is 1. The fourth-order valence-corrected chi connectivity index (χ4v) is 3.08. The fourth-order valence-electron chi connectivity index (χ4n) is 3.08. The van der Waals surface area contributed by atoms with Crippen molar-refractivity contribution in [3.05, 3.63) is 65.7 Å². The number of carbonyl (C=O) groups excluding carboxylic acids is 2. The first-order valence-corrected chi connectivity index (χ1v) is 8.78. The highest BCUT2D eigenvalue weighted by molar-refractivity contribution is 6.04. The zero-order valence-electron chi connectivity index (χ0n) is 14.7. The van der Waals surface area contributed by atoms with Gasteiger partial charge in [0.1, 0.15) is 0 Å². The second-order valence-corrected chi connectivity index (χ2v) is 6.71. The zero-order chi connectivity index (χ0) is 17.8. The molecule has 2 aromatic carbocycles. The quantitative estimate of drug-likeness (QED) is 0.753. The third-order valence-corrected chi connectivity index (χ3v) is 4.64. The Hall–Kier alpha value is -2.46. The monoisotopic (exact) mass is 336 g/mol. The second-order valence-electron chi connectivity index (χ2n) is 6.71. The number of anilines is 1. The number of nitrogens with one attached hydrogen (secondary N) is 2. The van der Waals surface area contributed by atoms with Crippen LogP contribution >= 0.6 is 0 Å². The molecule has 0 saturated heterocycles. The van der Waals surface area contributed by atoms with Crippen LogP contribution in [-0.2, 0) is 4.79 Å². The molecule has 3 rings (SSSR count). The first-order chi connectivity index (χ1) is 12.1. The van der Waals surface area contributed by atoms with Crippen LogP contribution in [0.25, 0.3) is 0 Å². The zero-order valence-corrected chi connectivity index (χ0v) is 14.7. The minimum Gasteiger partial charge on any atom is -0.324 e. The van der Waals surface area contributed by atoms with E-state index >= 15 is 0 Å². The van der Waals surface area contributed by atoms with Crippen LogP contribution in [0.1, 0.15) is 48.7 Å². The summed E-state index contributed by atoms with van der Waals surface area (Å²) in [7, 11) is 0. The summed E-state index contributed by atoms with van der Waals surface area (Å²) in [5.74, 6) is 0.397. The molecule has 1 aliphatic carbocycles. The van der Waals surface area contributed by atoms with Crippen molar-refractivity contribution >= 4 is 17.4 Å². The summed E-state index contributed by atoms with van der Waals surface area (Å²) in [4.78, 5) is 24.3. The molecule has 25 heavy (non-hydrogen) atoms. The molecule has 0 unspecified atom stereocenters. The number of ketones is 1. The summed E-state index contributed by atoms with van der Waals surface area (Å²) in [6.07, 6.45) is 2.38. The van der Waals surface area contributed by atoms with Gasteiger partial charge in [0.05, 0.1) is 11.7 Å². The van der Waals surface area contributed by atoms with E-state index < -0.39 is 0 Å². The van der Waals surface area contributed by atoms with E-state index in [4.69, 9.17) is 0 Å². The van der Waals surface area contributed by atoms with Crippen molar-refractivity contribution in [2.45, 2.75) is 38.8 Å². The minimum atomic E-state index is -0.356. The molecule has 2 N–H and O–H groups in total. The number of para-hydroxylation sites is 1. The van der Waals surface area contributed by atoms with Crippen LogP contribution in [0, 0.1) is 5.92 Å². The van der Waals surface area contributed by atoms with Gasteiger partial charge in [0, 0.05) is 11.6 Å². The van der Waals surface area contributed by atoms with Crippen LogP contribution in [0.2, 0.25) is 0 Å². The lowest BCUT2D eigenvalue weighted by atomic mass is 10.0. The molecule has 1 aliphatic rings. The molecule has 0 heterocycles. The number of benzene rings is 2. The molecule has 0 aliphatic heterocycles. The van der Waals surface area contributed by atoms with Crippen molar-refractivity contribution in [2.75, 3.05) is 5.32 Å². The Morgan fingerprint density at radius 2 is 1.64 bits per heavy atom. The maximum Gasteiger partial charge on any atom is 0.241 e. The molecule has 0 bridgehead atoms. The Bertz CT molecular complexity index is 754. The van der Waals surface area contributed by atoms with E-state index in [1.165, 1.54) is 25.3 Å². The standard InChI is InChI=1S/C21H24N2O2/c1-14(21(25)23-19-11-7-6-10-18(19)15(2)24)22-20(17-12-13-17)16-8-4-3-5-9-16/h3-11,14,17,20,22H,12-13H2,1-2H3,(H,23,25)/t14-,20-/m0/s1. The highest BCUT2D eigenvalue weighted by atomic mass is 16.2. The molecule has 4 nitrogen and oxygen atoms in total. The van der Waals surface area contributed by atoms with E-state index in [2.05, 4.69) is 22.8 Å². The van der Waals surface area contributed by atoms with E-state index in [-0.39, 0.29) is 23.8 Å². The molecule has 2 atom stereocenters. The number of hydrogen-bond donors (Lipinski definition) is 2. The van der Waals surface area contributed by atoms with E-state index in [1.54, 1.807) is 18.2 Å². The van der Waals surface area contributed by atoms with Gasteiger partial charge in [0.15, 0.2) is 5.78 Å². The lowest BCUT2D eigenvalue weighted by Crippen LogP contribution is -2.41. The SMILES string of the molecule is CC(=O)c1ccccc1NC(=O)[C@H](C)N[C@@H](c1ccccc1)C1CC1. The molecule has 2 aromatic rings. The van der Waals surface area contributed by atoms with Crippen LogP contribution in [0.3, 0.4) is 0 Å². The van der Waals surface area contributed by atoms with Gasteiger partial charge < -0.3 is 5.32 Å². The Kier molecular flexibility index (Phi) is 5.29. The minimum absolute atomic E-state index is 0.0587. The van der Waals surface area contributed by atoms with Crippen LogP contribution in [0.5, 0.6) is 0 Å². The molecule has 4 heteroatoms. The van der Waals surface area contributed by atoms with Gasteiger partial charge in [-0.1, -0.05) is 42.5 Å². The molecule has 0 aromatic heterocycles. The summed E-state index contributed by atoms with van der Waals surface area (Å²) < 4.78 is 0. The third-order valence-electron chi connectivity index (χ3n) is 4.64. The average molecular weight is 336 g/mol. The summed E-state index contributed by atoms with van der Waals surface area (Å²) in [5.41, 5.74) is 2.31. The van der Waals surface area contributed by atoms with Gasteiger partial charge in [-0.25, -0.2) is 0 Å². The van der Waals surface area contributed by atoms with Gasteiger partial charge in [0.25, 0.3) is 0 Å². The maximum absolute atomic E-state index is 12.6. The summed E-state index contributed by atoms with van der Waals surface area (Å²) in [6.45, 7) is 3.37. The van der Waals surface area contributed by atoms with Crippen LogP contribution < -0.4 is 10.6 Å². The number of hydrogen-bond acceptors (Lipinski definition) is 3. The molecular weight excluding hydrogens is 312 g/mol. The number of rotatable bonds is 7. The van der Waals surface area contributed by atoms with E-state index in [0.717, 1.165) is 0 Å². The van der Waals surface area contributed by atoms with Crippen molar-refractivity contribution < 1.29 is 9.59 Å². The Morgan fingerprint density at radius 1 is 1.00 bits per heavy atom. The van der Waals surface area contributed by atoms with E-state index in [0.29, 0.717) is 17.2 Å². The first kappa shape index (κ1) is 17.4. The predicted octanol–water partition coefficient (Wildman–Crippen LogP) is 3.96. The predicted molar refractivity (Wildman–Crippen MR) is 99.6 cm³/mol. The van der Waals surface area contributed by atoms with E-state index in [1.807, 2.05) is 31.2 Å². The van der Waals surface area contributed by atoms with Crippen LogP contribution in [0.4, 0.5) is 5.69 Å². The molecule has 1 amide bonds. The molecule has 1 fully saturated rings.